The highest BCUT2D eigenvalue weighted by Crippen LogP contribution is 2.50. The van der Waals surface area contributed by atoms with Gasteiger partial charge in [0, 0.05) is 51.3 Å². The SMILES string of the molecule is [B][B]C1CC(OC)C(COP(OC2CC([B])OC2COP(=O)(O)n2ccnc2C)N(C(C)C)C(C)C)O1. The Balaban J connectivity index is 1.71. The van der Waals surface area contributed by atoms with Crippen LogP contribution in [0.4, 0.5) is 0 Å². The van der Waals surface area contributed by atoms with Crippen molar-refractivity contribution in [1.82, 2.24) is 14.0 Å². The van der Waals surface area contributed by atoms with Crippen LogP contribution in [-0.4, -0.2) is 110 Å². The summed E-state index contributed by atoms with van der Waals surface area (Å²) in [6.45, 7) is 9.94. The molecule has 3 rings (SSSR count). The topological polar surface area (TPSA) is 114 Å². The van der Waals surface area contributed by atoms with Gasteiger partial charge in [-0.1, -0.05) is 0 Å². The average Bonchev–Trinajstić information content (AvgIpc) is 3.53. The molecule has 8 atom stereocenters. The summed E-state index contributed by atoms with van der Waals surface area (Å²) >= 11 is 0. The molecule has 2 fully saturated rings. The van der Waals surface area contributed by atoms with E-state index >= 15 is 0 Å². The highest BCUT2D eigenvalue weighted by molar-refractivity contribution is 7.51. The highest BCUT2D eigenvalue weighted by Gasteiger charge is 2.42. The Morgan fingerprint density at radius 1 is 1.24 bits per heavy atom. The minimum absolute atomic E-state index is 0.117. The van der Waals surface area contributed by atoms with E-state index < -0.39 is 34.5 Å². The zero-order chi connectivity index (χ0) is 27.3. The second-order valence-electron chi connectivity index (χ2n) is 9.71. The zero-order valence-electron chi connectivity index (χ0n) is 22.4. The lowest BCUT2D eigenvalue weighted by molar-refractivity contribution is -0.0253. The predicted molar refractivity (Wildman–Crippen MR) is 143 cm³/mol. The molecule has 11 nitrogen and oxygen atoms in total. The van der Waals surface area contributed by atoms with Crippen molar-refractivity contribution in [3.8, 4) is 0 Å². The summed E-state index contributed by atoms with van der Waals surface area (Å²) in [6.07, 6.45) is 2.23. The Hall–Kier alpha value is -0.255. The maximum atomic E-state index is 12.8. The quantitative estimate of drug-likeness (QED) is 0.271. The molecule has 203 valence electrons. The fourth-order valence-electron chi connectivity index (χ4n) is 4.52. The first-order chi connectivity index (χ1) is 17.5. The van der Waals surface area contributed by atoms with Crippen LogP contribution in [0.1, 0.15) is 46.4 Å². The number of ether oxygens (including phenoxy) is 3. The third-order valence-electron chi connectivity index (χ3n) is 6.28. The second-order valence-corrected chi connectivity index (χ2v) is 12.8. The molecule has 3 heterocycles. The van der Waals surface area contributed by atoms with Gasteiger partial charge in [-0.25, -0.2) is 18.6 Å². The number of hydrogen-bond acceptors (Lipinski definition) is 9. The molecule has 8 unspecified atom stereocenters. The summed E-state index contributed by atoms with van der Waals surface area (Å²) in [4.78, 5) is 14.4. The van der Waals surface area contributed by atoms with Crippen LogP contribution in [0.15, 0.2) is 12.4 Å². The van der Waals surface area contributed by atoms with Gasteiger partial charge in [0.2, 0.25) is 0 Å². The van der Waals surface area contributed by atoms with Crippen molar-refractivity contribution in [2.24, 2.45) is 0 Å². The van der Waals surface area contributed by atoms with Gasteiger partial charge < -0.3 is 28.2 Å². The maximum absolute atomic E-state index is 12.8. The number of aryl methyl sites for hydroxylation is 1. The van der Waals surface area contributed by atoms with Crippen molar-refractivity contribution in [2.75, 3.05) is 20.3 Å². The van der Waals surface area contributed by atoms with Crippen molar-refractivity contribution in [2.45, 2.75) is 96.0 Å². The molecular weight excluding hydrogens is 517 g/mol. The van der Waals surface area contributed by atoms with Crippen molar-refractivity contribution >= 4 is 39.0 Å². The van der Waals surface area contributed by atoms with Gasteiger partial charge in [0.15, 0.2) is 0 Å². The summed E-state index contributed by atoms with van der Waals surface area (Å²) in [6, 6.07) is -0.571. The summed E-state index contributed by atoms with van der Waals surface area (Å²) < 4.78 is 51.7. The van der Waals surface area contributed by atoms with Crippen molar-refractivity contribution in [3.05, 3.63) is 18.2 Å². The molecule has 37 heavy (non-hydrogen) atoms. The van der Waals surface area contributed by atoms with E-state index in [1.165, 1.54) is 19.6 Å². The summed E-state index contributed by atoms with van der Waals surface area (Å²) in [5.41, 5.74) is 0. The van der Waals surface area contributed by atoms with Crippen molar-refractivity contribution in [1.29, 1.82) is 0 Å². The predicted octanol–water partition coefficient (Wildman–Crippen LogP) is 2.11. The standard InChI is InChI=1S/C21H37B3N3O8P2/c1-13(2)27(14(3)4)36(31-11-18-16(30-6)10-21(24-23)34-18)35-17-9-20(22)33-19(17)12-32-37(28,29)26-8-7-25-15(26)5/h7-8,13-14,16-21H,9-12H2,1-6H3,(H,28,29). The maximum Gasteiger partial charge on any atom is 0.437 e. The molecule has 1 N–H and O–H groups in total. The molecule has 0 bridgehead atoms. The number of rotatable bonds is 14. The minimum Gasteiger partial charge on any atom is -0.380 e. The Kier molecular flexibility index (Phi) is 11.7. The molecule has 1 aromatic rings. The first kappa shape index (κ1) is 31.3. The number of aromatic nitrogens is 2. The van der Waals surface area contributed by atoms with E-state index in [0.717, 1.165) is 4.34 Å². The molecule has 0 aromatic carbocycles. The average molecular weight is 554 g/mol. The fourth-order valence-corrected chi connectivity index (χ4v) is 7.42. The van der Waals surface area contributed by atoms with Gasteiger partial charge in [0.05, 0.1) is 32.6 Å². The third-order valence-corrected chi connectivity index (χ3v) is 9.85. The van der Waals surface area contributed by atoms with Gasteiger partial charge in [0.25, 0.3) is 8.53 Å². The van der Waals surface area contributed by atoms with Gasteiger partial charge in [-0.2, -0.15) is 0 Å². The first-order valence-electron chi connectivity index (χ1n) is 12.5. The van der Waals surface area contributed by atoms with Gasteiger partial charge in [-0.05, 0) is 47.5 Å². The largest absolute Gasteiger partial charge is 0.437 e. The van der Waals surface area contributed by atoms with Crippen molar-refractivity contribution < 1.29 is 37.2 Å². The monoisotopic (exact) mass is 554 g/mol. The van der Waals surface area contributed by atoms with E-state index in [2.05, 4.69) is 37.3 Å². The molecule has 2 aliphatic rings. The van der Waals surface area contributed by atoms with E-state index in [9.17, 15) is 9.46 Å². The lowest BCUT2D eigenvalue weighted by Gasteiger charge is -2.38. The Morgan fingerprint density at radius 3 is 2.49 bits per heavy atom. The van der Waals surface area contributed by atoms with Crippen LogP contribution in [0.2, 0.25) is 0 Å². The van der Waals surface area contributed by atoms with Gasteiger partial charge in [-0.15, -0.1) is 0 Å². The van der Waals surface area contributed by atoms with Gasteiger partial charge >= 0.3 is 7.75 Å². The second kappa shape index (κ2) is 13.9. The molecule has 2 saturated heterocycles. The molecule has 0 saturated carbocycles. The molecule has 16 heteroatoms. The van der Waals surface area contributed by atoms with Gasteiger partial charge in [0.1, 0.15) is 25.9 Å². The van der Waals surface area contributed by atoms with E-state index in [4.69, 9.17) is 43.4 Å². The lowest BCUT2D eigenvalue weighted by atomic mass is 9.51. The number of nitrogens with zero attached hydrogens (tertiary/aromatic N) is 3. The van der Waals surface area contributed by atoms with E-state index in [-0.39, 0.29) is 43.5 Å². The number of imidazole rings is 1. The Labute approximate surface area is 224 Å². The van der Waals surface area contributed by atoms with Crippen LogP contribution >= 0.6 is 16.3 Å². The molecule has 0 amide bonds. The highest BCUT2D eigenvalue weighted by atomic mass is 31.2. The lowest BCUT2D eigenvalue weighted by Crippen LogP contribution is -2.37. The molecule has 0 spiro atoms. The smallest absolute Gasteiger partial charge is 0.380 e. The number of hydrogen-bond donors (Lipinski definition) is 1. The molecule has 5 radical (unpaired) electrons. The Morgan fingerprint density at radius 2 is 1.92 bits per heavy atom. The Bertz CT molecular complexity index is 893. The van der Waals surface area contributed by atoms with Crippen LogP contribution in [0.3, 0.4) is 0 Å². The normalized spacial score (nSPS) is 30.9. The third kappa shape index (κ3) is 8.13. The van der Waals surface area contributed by atoms with Crippen molar-refractivity contribution in [3.63, 3.8) is 0 Å². The fraction of sp³-hybridized carbons (Fsp3) is 0.857. The summed E-state index contributed by atoms with van der Waals surface area (Å²) in [5.74, 6) is 0.363. The molecule has 1 aromatic heterocycles. The van der Waals surface area contributed by atoms with E-state index in [1.807, 2.05) is 0 Å². The van der Waals surface area contributed by atoms with Crippen LogP contribution in [0.25, 0.3) is 0 Å². The minimum atomic E-state index is -4.17. The summed E-state index contributed by atoms with van der Waals surface area (Å²) in [5, 5.41) is 0. The van der Waals surface area contributed by atoms with Crippen LogP contribution in [-0.2, 0) is 32.3 Å². The van der Waals surface area contributed by atoms with Crippen LogP contribution < -0.4 is 0 Å². The van der Waals surface area contributed by atoms with Crippen LogP contribution in [0.5, 0.6) is 0 Å². The summed E-state index contributed by atoms with van der Waals surface area (Å²) in [7, 11) is 9.17. The molecular formula is C21H37B3N3O8P2. The first-order valence-corrected chi connectivity index (χ1v) is 15.1. The zero-order valence-corrected chi connectivity index (χ0v) is 24.2. The van der Waals surface area contributed by atoms with E-state index in [1.54, 1.807) is 14.0 Å². The van der Waals surface area contributed by atoms with E-state index in [0.29, 0.717) is 18.7 Å². The van der Waals surface area contributed by atoms with Crippen LogP contribution in [0, 0.1) is 6.92 Å². The molecule has 2 aliphatic heterocycles. The van der Waals surface area contributed by atoms with Gasteiger partial charge in [-0.3, -0.25) is 4.52 Å². The number of methoxy groups -OCH3 is 1. The molecule has 0 aliphatic carbocycles.